The molecule has 0 N–H and O–H groups in total. The molecule has 16 heteroatoms. The number of hydrogen-bond donors (Lipinski definition) is 0. The Morgan fingerprint density at radius 2 is 0.588 bits per heavy atom. The minimum atomic E-state index is -0.204. The topological polar surface area (TPSA) is 210 Å². The third kappa shape index (κ3) is 86.3. The number of ketones is 8. The van der Waals surface area contributed by atoms with Crippen LogP contribution in [0.5, 0.6) is 0 Å². The number of Topliss-reactive ketones (excluding diaryl/α,β-unsaturated/α-hetero) is 8. The number of methoxy groups -OCH3 is 2. The van der Waals surface area contributed by atoms with Crippen LogP contribution in [0.1, 0.15) is 220 Å². The number of carbonyl (C=O) groups excluding carboxylic acids is 8. The lowest BCUT2D eigenvalue weighted by Gasteiger charge is -2.19. The fourth-order valence-electron chi connectivity index (χ4n) is 4.08. The van der Waals surface area contributed by atoms with Gasteiger partial charge >= 0.3 is 0 Å². The Kier molecular flexibility index (Phi) is 69.2. The normalized spacial score (nSPS) is 11.0. The maximum atomic E-state index is 11.1. The molecule has 0 aromatic heterocycles. The standard InChI is InChI=1S/C10H20O2.2C9H18O2.2C8H16O2.2C7H14O2.C6H12O2/c1-8(2)9(11)6-7-12-10(3,4)5;1-7(2)8(10)6-11-9(3,4)5;1-7(2)9(10)5-6-11-8(3)4;1-6(2)8(9)5-10-7(3)4;1-4-10-6-5-8(9)7(2)3;1-6(2)7(8)4-5-9-3;1-4-9-5-7(8)6(2)3;1-5(2)6(7)4-8-3/h8H,6-7H2,1-5H3;7H,6H2,1-5H3;7-8H,5-6H2,1-4H3;6-7H,5H2,1-4H3;7H,4-6H2,1-3H3;2*6H,4-5H2,1-3H3;5H,4H2,1-3H3. The zero-order valence-corrected chi connectivity index (χ0v) is 57.2. The van der Waals surface area contributed by atoms with Gasteiger partial charge in [0.15, 0.2) is 23.1 Å². The van der Waals surface area contributed by atoms with Crippen molar-refractivity contribution >= 4 is 46.3 Å². The van der Waals surface area contributed by atoms with E-state index in [0.717, 1.165) is 0 Å². The molecule has 0 bridgehead atoms. The third-order valence-electron chi connectivity index (χ3n) is 10.0. The second-order valence-electron chi connectivity index (χ2n) is 23.9. The molecule has 0 aromatic carbocycles. The van der Waals surface area contributed by atoms with E-state index < -0.39 is 0 Å². The van der Waals surface area contributed by atoms with Gasteiger partial charge in [0.25, 0.3) is 0 Å². The summed E-state index contributed by atoms with van der Waals surface area (Å²) in [7, 11) is 3.13. The van der Waals surface area contributed by atoms with Gasteiger partial charge in [-0.1, -0.05) is 111 Å². The SMILES string of the molecule is CC(C)C(=O)CCOC(C)(C)C.CC(C)C(=O)COC(C)(C)C.CC(C)OCC(=O)C(C)C.CC(C)OCCC(=O)C(C)C.CCOCC(=O)C(C)C.CCOCCC(=O)C(C)C.COCC(=O)C(C)C.COCCC(=O)C(C)C. The number of hydrogen-bond acceptors (Lipinski definition) is 16. The van der Waals surface area contributed by atoms with Crippen LogP contribution in [0, 0.1) is 47.3 Å². The summed E-state index contributed by atoms with van der Waals surface area (Å²) in [4.78, 5) is 87.3. The molecule has 0 atom stereocenters. The highest BCUT2D eigenvalue weighted by Crippen LogP contribution is 2.09. The second-order valence-corrected chi connectivity index (χ2v) is 23.9. The monoisotopic (exact) mass is 1150 g/mol. The highest BCUT2D eigenvalue weighted by molar-refractivity contribution is 5.83. The lowest BCUT2D eigenvalue weighted by Crippen LogP contribution is -2.25. The van der Waals surface area contributed by atoms with Gasteiger partial charge in [-0.25, -0.2) is 0 Å². The van der Waals surface area contributed by atoms with E-state index in [1.54, 1.807) is 7.11 Å². The van der Waals surface area contributed by atoms with Crippen molar-refractivity contribution in [3.63, 3.8) is 0 Å². The molecule has 0 aromatic rings. The van der Waals surface area contributed by atoms with Gasteiger partial charge in [-0.15, -0.1) is 0 Å². The molecule has 0 spiro atoms. The average molecular weight is 1150 g/mol. The van der Waals surface area contributed by atoms with E-state index >= 15 is 0 Å². The van der Waals surface area contributed by atoms with Crippen molar-refractivity contribution in [3.05, 3.63) is 0 Å². The smallest absolute Gasteiger partial charge is 0.161 e. The first-order valence-electron chi connectivity index (χ1n) is 29.3. The van der Waals surface area contributed by atoms with E-state index in [2.05, 4.69) is 4.74 Å². The Morgan fingerprint density at radius 1 is 0.300 bits per heavy atom. The molecule has 0 aliphatic rings. The largest absolute Gasteiger partial charge is 0.384 e. The van der Waals surface area contributed by atoms with Crippen molar-refractivity contribution in [2.45, 2.75) is 243 Å². The summed E-state index contributed by atoms with van der Waals surface area (Å²) < 4.78 is 40.4. The molecule has 0 radical (unpaired) electrons. The van der Waals surface area contributed by atoms with Crippen LogP contribution in [0.4, 0.5) is 0 Å². The Hall–Kier alpha value is -2.96. The summed E-state index contributed by atoms with van der Waals surface area (Å²) >= 11 is 0. The molecule has 80 heavy (non-hydrogen) atoms. The van der Waals surface area contributed by atoms with Gasteiger partial charge in [0, 0.05) is 100 Å². The van der Waals surface area contributed by atoms with Crippen LogP contribution < -0.4 is 0 Å². The molecule has 0 unspecified atom stereocenters. The number of ether oxygens (including phenoxy) is 8. The Morgan fingerprint density at radius 3 is 0.863 bits per heavy atom. The Labute approximate surface area is 491 Å². The van der Waals surface area contributed by atoms with E-state index in [4.69, 9.17) is 33.2 Å². The molecular formula is C64H128O16. The maximum absolute atomic E-state index is 11.1. The fourth-order valence-corrected chi connectivity index (χ4v) is 4.08. The predicted molar refractivity (Wildman–Crippen MR) is 328 cm³/mol. The van der Waals surface area contributed by atoms with Crippen LogP contribution in [0.3, 0.4) is 0 Å². The van der Waals surface area contributed by atoms with E-state index in [1.807, 2.05) is 194 Å². The summed E-state index contributed by atoms with van der Waals surface area (Å²) in [6.07, 6.45) is 2.59. The summed E-state index contributed by atoms with van der Waals surface area (Å²) in [5.74, 6) is 2.77. The first-order valence-corrected chi connectivity index (χ1v) is 29.3. The molecule has 0 saturated carbocycles. The van der Waals surface area contributed by atoms with Crippen molar-refractivity contribution in [2.75, 3.05) is 80.3 Å². The van der Waals surface area contributed by atoms with E-state index in [0.29, 0.717) is 65.3 Å². The van der Waals surface area contributed by atoms with Gasteiger partial charge in [-0.3, -0.25) is 38.4 Å². The van der Waals surface area contributed by atoms with Crippen LogP contribution >= 0.6 is 0 Å². The van der Waals surface area contributed by atoms with Crippen LogP contribution in [-0.2, 0) is 76.3 Å². The van der Waals surface area contributed by atoms with E-state index in [-0.39, 0.29) is 143 Å². The fraction of sp³-hybridized carbons (Fsp3) is 0.875. The summed E-state index contributed by atoms with van der Waals surface area (Å²) in [6.45, 7) is 58.3. The maximum Gasteiger partial charge on any atom is 0.161 e. The molecule has 16 nitrogen and oxygen atoms in total. The highest BCUT2D eigenvalue weighted by atomic mass is 16.5. The Bertz CT molecular complexity index is 1490. The van der Waals surface area contributed by atoms with Gasteiger partial charge in [0.2, 0.25) is 0 Å². The average Bonchev–Trinajstić information content (AvgIpc) is 3.33. The van der Waals surface area contributed by atoms with Crippen LogP contribution in [0.25, 0.3) is 0 Å². The van der Waals surface area contributed by atoms with E-state index in [1.165, 1.54) is 7.11 Å². The minimum Gasteiger partial charge on any atom is -0.384 e. The quantitative estimate of drug-likeness (QED) is 0.0573. The van der Waals surface area contributed by atoms with Crippen LogP contribution in [0.2, 0.25) is 0 Å². The first-order chi connectivity index (χ1) is 36.5. The highest BCUT2D eigenvalue weighted by Gasteiger charge is 2.15. The van der Waals surface area contributed by atoms with Crippen LogP contribution in [-0.4, -0.2) is 150 Å². The third-order valence-corrected chi connectivity index (χ3v) is 10.0. The van der Waals surface area contributed by atoms with Crippen LogP contribution in [0.15, 0.2) is 0 Å². The molecular weight excluding hydrogens is 1020 g/mol. The van der Waals surface area contributed by atoms with Gasteiger partial charge in [-0.2, -0.15) is 0 Å². The molecule has 0 aliphatic heterocycles. The molecule has 0 rings (SSSR count). The van der Waals surface area contributed by atoms with Gasteiger partial charge in [0.05, 0.1) is 49.8 Å². The zero-order chi connectivity index (χ0) is 64.9. The first kappa shape index (κ1) is 93.5. The van der Waals surface area contributed by atoms with Gasteiger partial charge in [0.1, 0.15) is 49.6 Å². The summed E-state index contributed by atoms with van der Waals surface area (Å²) in [5, 5.41) is 0. The van der Waals surface area contributed by atoms with Crippen molar-refractivity contribution in [1.29, 1.82) is 0 Å². The predicted octanol–water partition coefficient (Wildman–Crippen LogP) is 13.1. The molecule has 480 valence electrons. The molecule has 0 aliphatic carbocycles. The van der Waals surface area contributed by atoms with Crippen molar-refractivity contribution < 1.29 is 76.3 Å². The molecule has 0 fully saturated rings. The summed E-state index contributed by atoms with van der Waals surface area (Å²) in [6, 6.07) is 0. The zero-order valence-electron chi connectivity index (χ0n) is 57.2. The number of carbonyl (C=O) groups is 8. The van der Waals surface area contributed by atoms with Crippen molar-refractivity contribution in [3.8, 4) is 0 Å². The minimum absolute atomic E-state index is 0.0809. The molecule has 0 amide bonds. The Balaban J connectivity index is -0.000000124. The molecule has 0 saturated heterocycles. The van der Waals surface area contributed by atoms with Crippen molar-refractivity contribution in [2.24, 2.45) is 47.3 Å². The second kappa shape index (κ2) is 59.2. The molecule has 0 heterocycles. The van der Waals surface area contributed by atoms with Gasteiger partial charge < -0.3 is 37.9 Å². The number of rotatable bonds is 32. The lowest BCUT2D eigenvalue weighted by atomic mass is 10.1. The lowest BCUT2D eigenvalue weighted by molar-refractivity contribution is -0.131. The summed E-state index contributed by atoms with van der Waals surface area (Å²) in [5.41, 5.74) is -0.332. The van der Waals surface area contributed by atoms with Crippen molar-refractivity contribution in [1.82, 2.24) is 0 Å². The van der Waals surface area contributed by atoms with Gasteiger partial charge in [-0.05, 0) is 83.1 Å². The van der Waals surface area contributed by atoms with E-state index in [9.17, 15) is 38.4 Å².